The molecule has 0 saturated heterocycles. The molecule has 0 fully saturated rings. The molecule has 0 aliphatic carbocycles. The molecule has 0 bridgehead atoms. The van der Waals surface area contributed by atoms with Crippen molar-refractivity contribution in [2.75, 3.05) is 7.11 Å². The minimum absolute atomic E-state index is 0.142. The molecule has 0 spiro atoms. The normalized spacial score (nSPS) is 11.5. The van der Waals surface area contributed by atoms with Gasteiger partial charge in [-0.1, -0.05) is 0 Å². The molecule has 24 heavy (non-hydrogen) atoms. The van der Waals surface area contributed by atoms with Crippen molar-refractivity contribution < 1.29 is 14.6 Å². The zero-order valence-corrected chi connectivity index (χ0v) is 14.8. The molecule has 0 amide bonds. The van der Waals surface area contributed by atoms with Crippen LogP contribution in [0.5, 0.6) is 5.75 Å². The maximum absolute atomic E-state index is 11.4. The van der Waals surface area contributed by atoms with Crippen LogP contribution in [-0.2, 0) is 4.79 Å². The van der Waals surface area contributed by atoms with E-state index in [4.69, 9.17) is 4.74 Å². The second kappa shape index (κ2) is 7.35. The van der Waals surface area contributed by atoms with Gasteiger partial charge in [0, 0.05) is 0 Å². The van der Waals surface area contributed by atoms with E-state index >= 15 is 0 Å². The Labute approximate surface area is 146 Å². The Morgan fingerprint density at radius 2 is 1.71 bits per heavy atom. The standard InChI is InChI=1S/C20H16O3Se/c1-23-17-12-11-14-7-5-6-10-16(14)20(17)18(13-19(21)22)24-15-8-3-2-4-9-15/h2-13H,1H3,(H,21,22)/b18-13-. The van der Waals surface area contributed by atoms with Crippen LogP contribution in [0.2, 0.25) is 0 Å². The van der Waals surface area contributed by atoms with Crippen molar-refractivity contribution in [3.63, 3.8) is 0 Å². The van der Waals surface area contributed by atoms with E-state index in [0.717, 1.165) is 25.3 Å². The zero-order valence-electron chi connectivity index (χ0n) is 13.1. The first-order chi connectivity index (χ1) is 11.7. The monoisotopic (exact) mass is 384 g/mol. The van der Waals surface area contributed by atoms with Crippen LogP contribution < -0.4 is 9.20 Å². The number of carboxylic acid groups (broad SMARTS) is 1. The molecule has 3 aromatic carbocycles. The van der Waals surface area contributed by atoms with Gasteiger partial charge >= 0.3 is 146 Å². The van der Waals surface area contributed by atoms with Gasteiger partial charge in [-0.05, 0) is 0 Å². The van der Waals surface area contributed by atoms with E-state index in [2.05, 4.69) is 0 Å². The fourth-order valence-corrected chi connectivity index (χ4v) is 4.70. The third-order valence-corrected chi connectivity index (χ3v) is 5.79. The molecule has 0 aliphatic rings. The van der Waals surface area contributed by atoms with E-state index in [-0.39, 0.29) is 15.0 Å². The van der Waals surface area contributed by atoms with Gasteiger partial charge in [-0.25, -0.2) is 0 Å². The number of benzene rings is 3. The molecule has 3 rings (SSSR count). The Balaban J connectivity index is 2.21. The topological polar surface area (TPSA) is 46.5 Å². The molecule has 0 radical (unpaired) electrons. The van der Waals surface area contributed by atoms with Gasteiger partial charge in [0.15, 0.2) is 0 Å². The number of carbonyl (C=O) groups is 1. The number of methoxy groups -OCH3 is 1. The summed E-state index contributed by atoms with van der Waals surface area (Å²) >= 11 is -0.142. The van der Waals surface area contributed by atoms with E-state index in [0.29, 0.717) is 5.75 Å². The second-order valence-electron chi connectivity index (χ2n) is 5.13. The Hall–Kier alpha value is -2.55. The molecule has 1 N–H and O–H groups in total. The average Bonchev–Trinajstić information content (AvgIpc) is 2.60. The Bertz CT molecular complexity index is 901. The van der Waals surface area contributed by atoms with Gasteiger partial charge in [-0.3, -0.25) is 0 Å². The van der Waals surface area contributed by atoms with Crippen molar-refractivity contribution >= 4 is 40.6 Å². The van der Waals surface area contributed by atoms with Crippen molar-refractivity contribution in [1.29, 1.82) is 0 Å². The van der Waals surface area contributed by atoms with E-state index in [1.54, 1.807) is 7.11 Å². The van der Waals surface area contributed by atoms with Crippen molar-refractivity contribution in [3.05, 3.63) is 78.4 Å². The van der Waals surface area contributed by atoms with Crippen molar-refractivity contribution in [1.82, 2.24) is 0 Å². The third kappa shape index (κ3) is 3.51. The van der Waals surface area contributed by atoms with Gasteiger partial charge < -0.3 is 0 Å². The summed E-state index contributed by atoms with van der Waals surface area (Å²) in [5.41, 5.74) is 0.863. The van der Waals surface area contributed by atoms with Gasteiger partial charge in [0.1, 0.15) is 0 Å². The fraction of sp³-hybridized carbons (Fsp3) is 0.0500. The molecule has 0 heterocycles. The molecular weight excluding hydrogens is 367 g/mol. The number of fused-ring (bicyclic) bond motifs is 1. The quantitative estimate of drug-likeness (QED) is 0.543. The van der Waals surface area contributed by atoms with Gasteiger partial charge in [-0.15, -0.1) is 0 Å². The second-order valence-corrected chi connectivity index (χ2v) is 7.47. The molecule has 3 aromatic rings. The van der Waals surface area contributed by atoms with Crippen LogP contribution in [0.3, 0.4) is 0 Å². The average molecular weight is 383 g/mol. The van der Waals surface area contributed by atoms with E-state index in [9.17, 15) is 9.90 Å². The third-order valence-electron chi connectivity index (χ3n) is 3.58. The van der Waals surface area contributed by atoms with E-state index in [1.807, 2.05) is 66.7 Å². The molecule has 0 unspecified atom stereocenters. The molecule has 120 valence electrons. The zero-order chi connectivity index (χ0) is 16.9. The summed E-state index contributed by atoms with van der Waals surface area (Å²) in [7, 11) is 1.61. The van der Waals surface area contributed by atoms with Crippen molar-refractivity contribution in [3.8, 4) is 5.75 Å². The maximum atomic E-state index is 11.4. The van der Waals surface area contributed by atoms with Crippen molar-refractivity contribution in [2.24, 2.45) is 0 Å². The number of hydrogen-bond acceptors (Lipinski definition) is 2. The van der Waals surface area contributed by atoms with Crippen LogP contribution in [0.25, 0.3) is 15.2 Å². The molecule has 0 saturated carbocycles. The number of rotatable bonds is 5. The number of ether oxygens (including phenoxy) is 1. The number of carboxylic acids is 1. The Morgan fingerprint density at radius 3 is 2.42 bits per heavy atom. The van der Waals surface area contributed by atoms with Gasteiger partial charge in [0.05, 0.1) is 0 Å². The van der Waals surface area contributed by atoms with Crippen molar-refractivity contribution in [2.45, 2.75) is 0 Å². The van der Waals surface area contributed by atoms with Gasteiger partial charge in [0.2, 0.25) is 0 Å². The first kappa shape index (κ1) is 16.3. The Morgan fingerprint density at radius 1 is 1.00 bits per heavy atom. The predicted octanol–water partition coefficient (Wildman–Crippen LogP) is 3.30. The summed E-state index contributed by atoms with van der Waals surface area (Å²) < 4.78 is 7.43. The summed E-state index contributed by atoms with van der Waals surface area (Å²) in [4.78, 5) is 11.4. The molecular formula is C20H16O3Se. The van der Waals surface area contributed by atoms with Crippen LogP contribution in [-0.4, -0.2) is 33.1 Å². The molecule has 3 nitrogen and oxygen atoms in total. The molecule has 0 aromatic heterocycles. The van der Waals surface area contributed by atoms with Crippen LogP contribution in [0.4, 0.5) is 0 Å². The fourth-order valence-electron chi connectivity index (χ4n) is 2.56. The summed E-state index contributed by atoms with van der Waals surface area (Å²) in [6.45, 7) is 0. The number of aliphatic carboxylic acids is 1. The minimum atomic E-state index is -0.946. The first-order valence-electron chi connectivity index (χ1n) is 7.42. The summed E-state index contributed by atoms with van der Waals surface area (Å²) in [5.74, 6) is -0.253. The van der Waals surface area contributed by atoms with E-state index in [1.165, 1.54) is 6.08 Å². The summed E-state index contributed by atoms with van der Waals surface area (Å²) in [5, 5.41) is 11.4. The summed E-state index contributed by atoms with van der Waals surface area (Å²) in [6.07, 6.45) is 1.30. The van der Waals surface area contributed by atoms with Crippen LogP contribution in [0.15, 0.2) is 72.8 Å². The molecule has 0 aliphatic heterocycles. The van der Waals surface area contributed by atoms with Gasteiger partial charge in [0.25, 0.3) is 0 Å². The predicted molar refractivity (Wildman–Crippen MR) is 97.9 cm³/mol. The Kier molecular flexibility index (Phi) is 4.99. The first-order valence-corrected chi connectivity index (χ1v) is 9.14. The SMILES string of the molecule is COc1ccc2ccccc2c1/C(=C/C(=O)O)[Se]c1ccccc1. The molecule has 4 heteroatoms. The van der Waals surface area contributed by atoms with E-state index < -0.39 is 5.97 Å². The number of hydrogen-bond donors (Lipinski definition) is 1. The van der Waals surface area contributed by atoms with Crippen LogP contribution in [0, 0.1) is 0 Å². The van der Waals surface area contributed by atoms with Crippen LogP contribution in [0.1, 0.15) is 5.56 Å². The summed E-state index contributed by atoms with van der Waals surface area (Å²) in [6, 6.07) is 21.8. The molecule has 0 atom stereocenters. The van der Waals surface area contributed by atoms with Gasteiger partial charge in [-0.2, -0.15) is 0 Å². The van der Waals surface area contributed by atoms with Crippen LogP contribution >= 0.6 is 0 Å².